The lowest BCUT2D eigenvalue weighted by Gasteiger charge is -2.18. The van der Waals surface area contributed by atoms with E-state index in [0.29, 0.717) is 31.7 Å². The third kappa shape index (κ3) is 5.59. The first kappa shape index (κ1) is 21.4. The molecule has 0 saturated carbocycles. The first-order chi connectivity index (χ1) is 14.4. The molecule has 1 fully saturated rings. The van der Waals surface area contributed by atoms with Crippen molar-refractivity contribution in [2.45, 2.75) is 19.8 Å². The molecule has 1 heterocycles. The van der Waals surface area contributed by atoms with Crippen molar-refractivity contribution in [2.75, 3.05) is 38.2 Å². The molecule has 2 aromatic rings. The highest BCUT2D eigenvalue weighted by Crippen LogP contribution is 2.21. The predicted molar refractivity (Wildman–Crippen MR) is 115 cm³/mol. The van der Waals surface area contributed by atoms with Crippen LogP contribution in [0.1, 0.15) is 28.8 Å². The average molecular weight is 409 g/mol. The Morgan fingerprint density at radius 1 is 1.17 bits per heavy atom. The van der Waals surface area contributed by atoms with Crippen molar-refractivity contribution in [1.82, 2.24) is 10.2 Å². The molecule has 1 aliphatic rings. The van der Waals surface area contributed by atoms with Crippen molar-refractivity contribution in [3.8, 4) is 5.75 Å². The fourth-order valence-corrected chi connectivity index (χ4v) is 3.24. The van der Waals surface area contributed by atoms with Gasteiger partial charge in [0, 0.05) is 31.3 Å². The summed E-state index contributed by atoms with van der Waals surface area (Å²) in [5, 5.41) is 2.64. The van der Waals surface area contributed by atoms with E-state index in [2.05, 4.69) is 5.32 Å². The minimum atomic E-state index is -0.327. The van der Waals surface area contributed by atoms with Crippen molar-refractivity contribution in [1.29, 1.82) is 0 Å². The minimum Gasteiger partial charge on any atom is -0.492 e. The fourth-order valence-electron chi connectivity index (χ4n) is 3.24. The van der Waals surface area contributed by atoms with Crippen LogP contribution in [0.3, 0.4) is 0 Å². The lowest BCUT2D eigenvalue weighted by atomic mass is 10.2. The van der Waals surface area contributed by atoms with Crippen LogP contribution in [0.5, 0.6) is 5.75 Å². The summed E-state index contributed by atoms with van der Waals surface area (Å²) in [6, 6.07) is 14.6. The molecule has 3 rings (SSSR count). The second-order valence-corrected chi connectivity index (χ2v) is 7.36. The number of likely N-dealkylation sites (N-methyl/N-ethyl adjacent to an activating group) is 1. The molecule has 3 amide bonds. The highest BCUT2D eigenvalue weighted by Gasteiger charge is 2.21. The zero-order chi connectivity index (χ0) is 21.5. The van der Waals surface area contributed by atoms with Gasteiger partial charge in [0.25, 0.3) is 5.91 Å². The smallest absolute Gasteiger partial charge is 0.251 e. The van der Waals surface area contributed by atoms with Crippen LogP contribution < -0.4 is 15.0 Å². The molecule has 158 valence electrons. The molecule has 0 spiro atoms. The highest BCUT2D eigenvalue weighted by atomic mass is 16.5. The first-order valence-electron chi connectivity index (χ1n) is 10.1. The van der Waals surface area contributed by atoms with Crippen LogP contribution in [0, 0.1) is 6.92 Å². The molecule has 0 atom stereocenters. The number of amides is 3. The average Bonchev–Trinajstić information content (AvgIpc) is 3.17. The predicted octanol–water partition coefficient (Wildman–Crippen LogP) is 2.39. The number of nitrogens with zero attached hydrogens (tertiary/aromatic N) is 2. The minimum absolute atomic E-state index is 0.0911. The maximum atomic E-state index is 12.3. The number of aryl methyl sites for hydroxylation is 1. The van der Waals surface area contributed by atoms with Gasteiger partial charge in [0.05, 0.1) is 13.1 Å². The van der Waals surface area contributed by atoms with Gasteiger partial charge in [0.15, 0.2) is 0 Å². The van der Waals surface area contributed by atoms with Gasteiger partial charge in [-0.25, -0.2) is 0 Å². The lowest BCUT2D eigenvalue weighted by molar-refractivity contribution is -0.129. The van der Waals surface area contributed by atoms with E-state index in [9.17, 15) is 14.4 Å². The topological polar surface area (TPSA) is 79.0 Å². The molecule has 7 heteroatoms. The standard InChI is InChI=1S/C23H27N3O4/c1-17-5-3-6-20(15-17)30-14-13-25(2)22(28)16-24-23(29)18-8-10-19(11-9-18)26-12-4-7-21(26)27/h3,5-6,8-11,15H,4,7,12-14,16H2,1-2H3,(H,24,29). The molecule has 0 bridgehead atoms. The molecule has 1 aliphatic heterocycles. The Morgan fingerprint density at radius 3 is 2.60 bits per heavy atom. The maximum Gasteiger partial charge on any atom is 0.251 e. The van der Waals surface area contributed by atoms with Crippen molar-refractivity contribution >= 4 is 23.4 Å². The molecular formula is C23H27N3O4. The van der Waals surface area contributed by atoms with E-state index in [4.69, 9.17) is 4.74 Å². The molecule has 2 aromatic carbocycles. The van der Waals surface area contributed by atoms with Crippen LogP contribution in [0.2, 0.25) is 0 Å². The van der Waals surface area contributed by atoms with E-state index in [0.717, 1.165) is 23.4 Å². The van der Waals surface area contributed by atoms with Crippen molar-refractivity contribution < 1.29 is 19.1 Å². The van der Waals surface area contributed by atoms with Crippen LogP contribution in [-0.2, 0) is 9.59 Å². The lowest BCUT2D eigenvalue weighted by Crippen LogP contribution is -2.39. The Balaban J connectivity index is 1.42. The Bertz CT molecular complexity index is 911. The number of carbonyl (C=O) groups is 3. The normalized spacial score (nSPS) is 13.3. The molecule has 1 saturated heterocycles. The van der Waals surface area contributed by atoms with Crippen LogP contribution in [0.4, 0.5) is 5.69 Å². The molecule has 30 heavy (non-hydrogen) atoms. The third-order valence-corrected chi connectivity index (χ3v) is 5.03. The molecule has 1 N–H and O–H groups in total. The number of benzene rings is 2. The van der Waals surface area contributed by atoms with Crippen molar-refractivity contribution in [2.24, 2.45) is 0 Å². The number of hydrogen-bond donors (Lipinski definition) is 1. The second kappa shape index (κ2) is 9.91. The van der Waals surface area contributed by atoms with Gasteiger partial charge < -0.3 is 19.9 Å². The summed E-state index contributed by atoms with van der Waals surface area (Å²) in [6.45, 7) is 3.40. The number of anilines is 1. The first-order valence-corrected chi connectivity index (χ1v) is 10.1. The van der Waals surface area contributed by atoms with Gasteiger partial charge >= 0.3 is 0 Å². The van der Waals surface area contributed by atoms with Crippen LogP contribution in [0.25, 0.3) is 0 Å². The number of carbonyl (C=O) groups excluding carboxylic acids is 3. The zero-order valence-electron chi connectivity index (χ0n) is 17.4. The summed E-state index contributed by atoms with van der Waals surface area (Å²) < 4.78 is 5.65. The number of hydrogen-bond acceptors (Lipinski definition) is 4. The van der Waals surface area contributed by atoms with Crippen molar-refractivity contribution in [3.63, 3.8) is 0 Å². The molecule has 0 unspecified atom stereocenters. The Morgan fingerprint density at radius 2 is 1.93 bits per heavy atom. The quantitative estimate of drug-likeness (QED) is 0.726. The maximum absolute atomic E-state index is 12.3. The molecular weight excluding hydrogens is 382 g/mol. The largest absolute Gasteiger partial charge is 0.492 e. The van der Waals surface area contributed by atoms with Gasteiger partial charge in [-0.15, -0.1) is 0 Å². The molecule has 7 nitrogen and oxygen atoms in total. The summed E-state index contributed by atoms with van der Waals surface area (Å²) in [5.41, 5.74) is 2.35. The summed E-state index contributed by atoms with van der Waals surface area (Å²) in [5.74, 6) is 0.345. The molecule has 0 aromatic heterocycles. The van der Waals surface area contributed by atoms with E-state index in [1.165, 1.54) is 4.90 Å². The third-order valence-electron chi connectivity index (χ3n) is 5.03. The summed E-state index contributed by atoms with van der Waals surface area (Å²) in [4.78, 5) is 39.6. The van der Waals surface area contributed by atoms with E-state index >= 15 is 0 Å². The Kier molecular flexibility index (Phi) is 7.06. The van der Waals surface area contributed by atoms with Gasteiger partial charge in [0.1, 0.15) is 12.4 Å². The Hall–Kier alpha value is -3.35. The summed E-state index contributed by atoms with van der Waals surface area (Å²) in [6.07, 6.45) is 1.42. The van der Waals surface area contributed by atoms with E-state index in [1.807, 2.05) is 31.2 Å². The monoisotopic (exact) mass is 409 g/mol. The summed E-state index contributed by atoms with van der Waals surface area (Å²) >= 11 is 0. The van der Waals surface area contributed by atoms with Gasteiger partial charge in [-0.1, -0.05) is 12.1 Å². The van der Waals surface area contributed by atoms with E-state index < -0.39 is 0 Å². The van der Waals surface area contributed by atoms with Crippen LogP contribution in [0.15, 0.2) is 48.5 Å². The Labute approximate surface area is 176 Å². The van der Waals surface area contributed by atoms with Gasteiger partial charge in [-0.3, -0.25) is 14.4 Å². The SMILES string of the molecule is Cc1cccc(OCCN(C)C(=O)CNC(=O)c2ccc(N3CCCC3=O)cc2)c1. The zero-order valence-corrected chi connectivity index (χ0v) is 17.4. The van der Waals surface area contributed by atoms with Crippen molar-refractivity contribution in [3.05, 3.63) is 59.7 Å². The van der Waals surface area contributed by atoms with Crippen LogP contribution in [-0.4, -0.2) is 55.9 Å². The number of nitrogens with one attached hydrogen (secondary N) is 1. The highest BCUT2D eigenvalue weighted by molar-refractivity contribution is 5.98. The molecule has 0 aliphatic carbocycles. The molecule has 0 radical (unpaired) electrons. The van der Waals surface area contributed by atoms with Gasteiger partial charge in [0.2, 0.25) is 11.8 Å². The van der Waals surface area contributed by atoms with Crippen LogP contribution >= 0.6 is 0 Å². The van der Waals surface area contributed by atoms with Gasteiger partial charge in [-0.2, -0.15) is 0 Å². The number of ether oxygens (including phenoxy) is 1. The second-order valence-electron chi connectivity index (χ2n) is 7.36. The fraction of sp³-hybridized carbons (Fsp3) is 0.348. The van der Waals surface area contributed by atoms with Gasteiger partial charge in [-0.05, 0) is 55.3 Å². The van der Waals surface area contributed by atoms with E-state index in [1.54, 1.807) is 36.2 Å². The van der Waals surface area contributed by atoms with E-state index in [-0.39, 0.29) is 24.3 Å². The number of rotatable bonds is 8. The summed E-state index contributed by atoms with van der Waals surface area (Å²) in [7, 11) is 1.68.